The zero-order valence-electron chi connectivity index (χ0n) is 20.1. The van der Waals surface area contributed by atoms with E-state index >= 15 is 0 Å². The number of aliphatic hydroxyl groups excluding tert-OH is 1. The van der Waals surface area contributed by atoms with Gasteiger partial charge in [0, 0.05) is 0 Å². The molecule has 0 aromatic rings. The predicted octanol–water partition coefficient (Wildman–Crippen LogP) is 4.22. The van der Waals surface area contributed by atoms with Gasteiger partial charge in [-0.2, -0.15) is 0 Å². The SMILES string of the molecule is C[Si](C)(C)OCC1O[C@H](O)C(O[Si](C)(C)C)C(O[Si](C)(C)C)[C@@H]1O[Si](C)(C)C. The summed E-state index contributed by atoms with van der Waals surface area (Å²) in [6.45, 7) is 26.1. The maximum absolute atomic E-state index is 10.8. The first kappa shape index (κ1) is 26.7. The minimum atomic E-state index is -1.94. The molecule has 28 heavy (non-hydrogen) atoms. The minimum absolute atomic E-state index is 0.320. The van der Waals surface area contributed by atoms with Crippen molar-refractivity contribution in [3.8, 4) is 0 Å². The Morgan fingerprint density at radius 1 is 0.607 bits per heavy atom. The molecule has 168 valence electrons. The van der Waals surface area contributed by atoms with Crippen LogP contribution in [-0.2, 0) is 22.4 Å². The van der Waals surface area contributed by atoms with Gasteiger partial charge in [0.15, 0.2) is 39.6 Å². The van der Waals surface area contributed by atoms with Crippen LogP contribution in [0.2, 0.25) is 78.6 Å². The van der Waals surface area contributed by atoms with Gasteiger partial charge in [0.1, 0.15) is 24.4 Å². The van der Waals surface area contributed by atoms with E-state index in [9.17, 15) is 5.11 Å². The highest BCUT2D eigenvalue weighted by atomic mass is 28.4. The lowest BCUT2D eigenvalue weighted by Gasteiger charge is -2.49. The predicted molar refractivity (Wildman–Crippen MR) is 125 cm³/mol. The highest BCUT2D eigenvalue weighted by Crippen LogP contribution is 2.33. The van der Waals surface area contributed by atoms with Gasteiger partial charge in [-0.1, -0.05) is 0 Å². The van der Waals surface area contributed by atoms with Crippen LogP contribution in [0.25, 0.3) is 0 Å². The van der Waals surface area contributed by atoms with Crippen molar-refractivity contribution in [2.45, 2.75) is 109 Å². The molecule has 1 aliphatic rings. The molecule has 1 rings (SSSR count). The number of hydrogen-bond acceptors (Lipinski definition) is 6. The fourth-order valence-electron chi connectivity index (χ4n) is 2.99. The van der Waals surface area contributed by atoms with E-state index in [4.69, 9.17) is 22.4 Å². The van der Waals surface area contributed by atoms with Crippen molar-refractivity contribution in [1.82, 2.24) is 0 Å². The number of hydrogen-bond donors (Lipinski definition) is 1. The summed E-state index contributed by atoms with van der Waals surface area (Å²) in [6, 6.07) is 0. The van der Waals surface area contributed by atoms with Gasteiger partial charge < -0.3 is 27.5 Å². The van der Waals surface area contributed by atoms with Crippen LogP contribution in [0.5, 0.6) is 0 Å². The number of ether oxygens (including phenoxy) is 1. The van der Waals surface area contributed by atoms with Crippen LogP contribution < -0.4 is 0 Å². The van der Waals surface area contributed by atoms with Crippen molar-refractivity contribution in [2.24, 2.45) is 0 Å². The van der Waals surface area contributed by atoms with Gasteiger partial charge in [-0.3, -0.25) is 0 Å². The molecule has 3 unspecified atom stereocenters. The van der Waals surface area contributed by atoms with Gasteiger partial charge in [-0.15, -0.1) is 0 Å². The quantitative estimate of drug-likeness (QED) is 0.511. The van der Waals surface area contributed by atoms with Crippen LogP contribution in [0.3, 0.4) is 0 Å². The molecule has 0 radical (unpaired) electrons. The highest BCUT2D eigenvalue weighted by Gasteiger charge is 2.51. The highest BCUT2D eigenvalue weighted by molar-refractivity contribution is 6.71. The standard InChI is InChI=1S/C18H44O6Si4/c1-25(2,3)20-13-14-15(22-26(4,5)6)16(23-27(7,8)9)17(18(19)21-14)24-28(10,11)12/h14-19H,13H2,1-12H3/t14?,15-,16?,17?,18+/m1/s1. The molecule has 0 aromatic carbocycles. The molecule has 1 heterocycles. The van der Waals surface area contributed by atoms with Gasteiger partial charge in [-0.05, 0) is 78.6 Å². The molecule has 0 aromatic heterocycles. The molecule has 0 amide bonds. The van der Waals surface area contributed by atoms with Crippen molar-refractivity contribution in [3.05, 3.63) is 0 Å². The van der Waals surface area contributed by atoms with Gasteiger partial charge in [0.25, 0.3) is 0 Å². The summed E-state index contributed by atoms with van der Waals surface area (Å²) in [6.07, 6.45) is -2.67. The second-order valence-corrected chi connectivity index (χ2v) is 29.5. The van der Waals surface area contributed by atoms with Crippen molar-refractivity contribution >= 4 is 33.3 Å². The van der Waals surface area contributed by atoms with Gasteiger partial charge in [-0.25, -0.2) is 0 Å². The molecule has 0 aliphatic carbocycles. The Kier molecular flexibility index (Phi) is 8.96. The summed E-state index contributed by atoms with van der Waals surface area (Å²) in [5.41, 5.74) is 0. The van der Waals surface area contributed by atoms with Gasteiger partial charge >= 0.3 is 0 Å². The first-order valence-electron chi connectivity index (χ1n) is 10.3. The van der Waals surface area contributed by atoms with Gasteiger partial charge in [0.05, 0.1) is 6.61 Å². The van der Waals surface area contributed by atoms with Gasteiger partial charge in [0.2, 0.25) is 0 Å². The van der Waals surface area contributed by atoms with Crippen LogP contribution in [0.4, 0.5) is 0 Å². The summed E-state index contributed by atoms with van der Waals surface area (Å²) < 4.78 is 31.7. The molecule has 5 atom stereocenters. The third kappa shape index (κ3) is 10.1. The third-order valence-corrected chi connectivity index (χ3v) is 7.73. The van der Waals surface area contributed by atoms with E-state index in [0.29, 0.717) is 6.61 Å². The second kappa shape index (κ2) is 9.41. The summed E-state index contributed by atoms with van der Waals surface area (Å²) in [5, 5.41) is 10.8. The van der Waals surface area contributed by atoms with Crippen molar-refractivity contribution < 1.29 is 27.5 Å². The Balaban J connectivity index is 3.26. The van der Waals surface area contributed by atoms with E-state index in [1.807, 2.05) is 0 Å². The maximum Gasteiger partial charge on any atom is 0.184 e. The van der Waals surface area contributed by atoms with E-state index in [2.05, 4.69) is 78.6 Å². The van der Waals surface area contributed by atoms with E-state index in [1.165, 1.54) is 0 Å². The van der Waals surface area contributed by atoms with Crippen molar-refractivity contribution in [3.63, 3.8) is 0 Å². The van der Waals surface area contributed by atoms with Crippen LogP contribution >= 0.6 is 0 Å². The molecule has 0 spiro atoms. The lowest BCUT2D eigenvalue weighted by Crippen LogP contribution is -2.66. The van der Waals surface area contributed by atoms with Crippen molar-refractivity contribution in [1.29, 1.82) is 0 Å². The van der Waals surface area contributed by atoms with E-state index in [0.717, 1.165) is 0 Å². The molecule has 1 saturated heterocycles. The molecule has 0 bridgehead atoms. The monoisotopic (exact) mass is 468 g/mol. The Labute approximate surface area is 176 Å². The normalized spacial score (nSPS) is 30.5. The summed E-state index contributed by atoms with van der Waals surface area (Å²) in [7, 11) is -7.50. The molecule has 6 nitrogen and oxygen atoms in total. The number of rotatable bonds is 9. The summed E-state index contributed by atoms with van der Waals surface area (Å²) in [4.78, 5) is 0. The Morgan fingerprint density at radius 3 is 1.39 bits per heavy atom. The Hall–Kier alpha value is 0.628. The fraction of sp³-hybridized carbons (Fsp3) is 1.00. The number of aliphatic hydroxyl groups is 1. The molecule has 0 saturated carbocycles. The molecular formula is C18H44O6Si4. The Bertz CT molecular complexity index is 492. The smallest absolute Gasteiger partial charge is 0.184 e. The molecular weight excluding hydrogens is 425 g/mol. The third-order valence-electron chi connectivity index (χ3n) is 3.76. The lowest BCUT2D eigenvalue weighted by molar-refractivity contribution is -0.274. The average Bonchev–Trinajstić information content (AvgIpc) is 2.39. The fourth-order valence-corrected chi connectivity index (χ4v) is 6.91. The summed E-state index contributed by atoms with van der Waals surface area (Å²) >= 11 is 0. The largest absolute Gasteiger partial charge is 0.415 e. The lowest BCUT2D eigenvalue weighted by atomic mass is 9.99. The van der Waals surface area contributed by atoms with Crippen LogP contribution in [0.1, 0.15) is 0 Å². The van der Waals surface area contributed by atoms with Crippen molar-refractivity contribution in [2.75, 3.05) is 6.61 Å². The van der Waals surface area contributed by atoms with E-state index < -0.39 is 45.7 Å². The first-order chi connectivity index (χ1) is 12.3. The molecule has 1 aliphatic heterocycles. The summed E-state index contributed by atoms with van der Waals surface area (Å²) in [5.74, 6) is 0. The minimum Gasteiger partial charge on any atom is -0.415 e. The first-order valence-corrected chi connectivity index (χ1v) is 23.9. The second-order valence-electron chi connectivity index (χ2n) is 11.6. The average molecular weight is 469 g/mol. The van der Waals surface area contributed by atoms with Crippen LogP contribution in [0.15, 0.2) is 0 Å². The zero-order chi connectivity index (χ0) is 22.1. The zero-order valence-corrected chi connectivity index (χ0v) is 24.1. The maximum atomic E-state index is 10.8. The van der Waals surface area contributed by atoms with E-state index in [-0.39, 0.29) is 18.3 Å². The Morgan fingerprint density at radius 2 is 1.00 bits per heavy atom. The molecule has 1 N–H and O–H groups in total. The molecule has 10 heteroatoms. The van der Waals surface area contributed by atoms with Crippen LogP contribution in [0, 0.1) is 0 Å². The van der Waals surface area contributed by atoms with Crippen LogP contribution in [-0.4, -0.2) is 75.7 Å². The topological polar surface area (TPSA) is 66.4 Å². The molecule has 1 fully saturated rings. The van der Waals surface area contributed by atoms with E-state index in [1.54, 1.807) is 0 Å².